The second kappa shape index (κ2) is 10.1. The molecule has 3 saturated carbocycles. The van der Waals surface area contributed by atoms with Crippen LogP contribution >= 0.6 is 0 Å². The number of oxime groups is 1. The summed E-state index contributed by atoms with van der Waals surface area (Å²) < 4.78 is 5.59. The fraction of sp³-hybridized carbons (Fsp3) is 0.806. The molecule has 196 valence electrons. The first-order chi connectivity index (χ1) is 16.5. The van der Waals surface area contributed by atoms with Gasteiger partial charge >= 0.3 is 5.97 Å². The van der Waals surface area contributed by atoms with Gasteiger partial charge in [0.2, 0.25) is 0 Å². The highest BCUT2D eigenvalue weighted by molar-refractivity contribution is 5.99. The maximum absolute atomic E-state index is 11.6. The highest BCUT2D eigenvalue weighted by atomic mass is 16.5. The molecule has 4 heteroatoms. The lowest BCUT2D eigenvalue weighted by Gasteiger charge is -2.58. The Balaban J connectivity index is 1.59. The van der Waals surface area contributed by atoms with E-state index in [0.717, 1.165) is 25.0 Å². The molecule has 4 rings (SSSR count). The first-order valence-electron chi connectivity index (χ1n) is 14.3. The van der Waals surface area contributed by atoms with Crippen LogP contribution in [0, 0.1) is 52.3 Å². The van der Waals surface area contributed by atoms with Crippen molar-refractivity contribution in [2.45, 2.75) is 106 Å². The first-order valence-corrected chi connectivity index (χ1v) is 14.3. The molecule has 0 aromatic carbocycles. The molecule has 9 atom stereocenters. The van der Waals surface area contributed by atoms with E-state index in [-0.39, 0.29) is 22.9 Å². The lowest BCUT2D eigenvalue weighted by Crippen LogP contribution is -2.53. The Hall–Kier alpha value is -1.58. The number of ether oxygens (including phenoxy) is 1. The average molecular weight is 484 g/mol. The Morgan fingerprint density at radius 3 is 2.51 bits per heavy atom. The van der Waals surface area contributed by atoms with Crippen LogP contribution in [0.2, 0.25) is 0 Å². The second-order valence-corrected chi connectivity index (χ2v) is 13.1. The molecule has 4 nitrogen and oxygen atoms in total. The van der Waals surface area contributed by atoms with Crippen LogP contribution in [0.5, 0.6) is 0 Å². The molecule has 0 aliphatic heterocycles. The standard InChI is InChI=1S/C31H49NO3/c1-8-22(19(2)3)10-9-20(4)25-11-12-26-29-27(14-16-31(25,26)7)30(6)15-13-24(35-21(5)33)17-23(30)18-28(29)32-34/h9-10,18-20,22,24-27,29,34H,8,11-17H2,1-7H3/b10-9+,32-28+/t20-,22?,24+,25-,26+,27+,29+,30+,31-/m1/s1. The minimum absolute atomic E-state index is 0.0431. The van der Waals surface area contributed by atoms with Gasteiger partial charge in [0, 0.05) is 19.3 Å². The SMILES string of the molecule is CCC(/C=C/[C@@H](C)[C@H]1CC[C@H]2[C@@H]3/C(=N/O)C=C4C[C@@H](OC(C)=O)CC[C@]4(C)[C@H]3CC[C@]12C)C(C)C. The van der Waals surface area contributed by atoms with Crippen LogP contribution in [0.1, 0.15) is 99.8 Å². The Kier molecular flexibility index (Phi) is 7.61. The number of esters is 1. The molecule has 35 heavy (non-hydrogen) atoms. The molecule has 1 unspecified atom stereocenters. The number of fused-ring (bicyclic) bond motifs is 5. The van der Waals surface area contributed by atoms with Gasteiger partial charge in [0.1, 0.15) is 6.10 Å². The van der Waals surface area contributed by atoms with Gasteiger partial charge in [-0.2, -0.15) is 0 Å². The smallest absolute Gasteiger partial charge is 0.302 e. The van der Waals surface area contributed by atoms with Crippen LogP contribution < -0.4 is 0 Å². The number of carbonyl (C=O) groups excluding carboxylic acids is 1. The van der Waals surface area contributed by atoms with Crippen molar-refractivity contribution in [2.24, 2.45) is 57.4 Å². The first kappa shape index (κ1) is 26.5. The van der Waals surface area contributed by atoms with Crippen molar-refractivity contribution in [3.05, 3.63) is 23.8 Å². The van der Waals surface area contributed by atoms with Crippen molar-refractivity contribution < 1.29 is 14.7 Å². The fourth-order valence-electron chi connectivity index (χ4n) is 9.01. The predicted molar refractivity (Wildman–Crippen MR) is 142 cm³/mol. The predicted octanol–water partition coefficient (Wildman–Crippen LogP) is 7.81. The highest BCUT2D eigenvalue weighted by Gasteiger charge is 2.61. The summed E-state index contributed by atoms with van der Waals surface area (Å²) in [6.45, 7) is 15.9. The average Bonchev–Trinajstić information content (AvgIpc) is 3.16. The van der Waals surface area contributed by atoms with E-state index in [2.05, 4.69) is 64.9 Å². The van der Waals surface area contributed by atoms with E-state index < -0.39 is 0 Å². The third kappa shape index (κ3) is 4.64. The van der Waals surface area contributed by atoms with Gasteiger partial charge in [-0.3, -0.25) is 4.79 Å². The lowest BCUT2D eigenvalue weighted by molar-refractivity contribution is -0.148. The van der Waals surface area contributed by atoms with Gasteiger partial charge in [0.25, 0.3) is 0 Å². The number of rotatable bonds is 6. The van der Waals surface area contributed by atoms with Crippen LogP contribution in [0.25, 0.3) is 0 Å². The summed E-state index contributed by atoms with van der Waals surface area (Å²) in [6.07, 6.45) is 16.1. The fourth-order valence-corrected chi connectivity index (χ4v) is 9.01. The van der Waals surface area contributed by atoms with E-state index in [4.69, 9.17) is 4.74 Å². The summed E-state index contributed by atoms with van der Waals surface area (Å²) in [5, 5.41) is 14.1. The highest BCUT2D eigenvalue weighted by Crippen LogP contribution is 2.66. The largest absolute Gasteiger partial charge is 0.462 e. The van der Waals surface area contributed by atoms with Crippen molar-refractivity contribution in [2.75, 3.05) is 0 Å². The Labute approximate surface area is 213 Å². The Morgan fingerprint density at radius 1 is 1.14 bits per heavy atom. The maximum Gasteiger partial charge on any atom is 0.302 e. The van der Waals surface area contributed by atoms with Crippen molar-refractivity contribution in [1.82, 2.24) is 0 Å². The molecule has 0 aromatic rings. The normalized spacial score (nSPS) is 41.8. The van der Waals surface area contributed by atoms with Crippen LogP contribution in [0.4, 0.5) is 0 Å². The third-order valence-electron chi connectivity index (χ3n) is 11.1. The van der Waals surface area contributed by atoms with E-state index >= 15 is 0 Å². The topological polar surface area (TPSA) is 58.9 Å². The zero-order chi connectivity index (χ0) is 25.5. The van der Waals surface area contributed by atoms with Gasteiger partial charge < -0.3 is 9.94 Å². The zero-order valence-electron chi connectivity index (χ0n) is 23.2. The van der Waals surface area contributed by atoms with Crippen molar-refractivity contribution >= 4 is 11.7 Å². The molecule has 0 saturated heterocycles. The van der Waals surface area contributed by atoms with E-state index in [1.165, 1.54) is 44.6 Å². The molecule has 0 aromatic heterocycles. The molecule has 0 radical (unpaired) electrons. The summed E-state index contributed by atoms with van der Waals surface area (Å²) in [5.74, 6) is 3.83. The monoisotopic (exact) mass is 483 g/mol. The van der Waals surface area contributed by atoms with E-state index in [9.17, 15) is 10.0 Å². The van der Waals surface area contributed by atoms with E-state index in [1.54, 1.807) is 0 Å². The summed E-state index contributed by atoms with van der Waals surface area (Å²) in [5.41, 5.74) is 2.62. The summed E-state index contributed by atoms with van der Waals surface area (Å²) in [4.78, 5) is 11.6. The summed E-state index contributed by atoms with van der Waals surface area (Å²) >= 11 is 0. The summed E-state index contributed by atoms with van der Waals surface area (Å²) in [6, 6.07) is 0. The van der Waals surface area contributed by atoms with Crippen LogP contribution in [-0.2, 0) is 9.53 Å². The minimum atomic E-state index is -0.198. The molecule has 4 aliphatic rings. The minimum Gasteiger partial charge on any atom is -0.462 e. The second-order valence-electron chi connectivity index (χ2n) is 13.1. The zero-order valence-corrected chi connectivity index (χ0v) is 23.2. The quantitative estimate of drug-likeness (QED) is 0.181. The van der Waals surface area contributed by atoms with Gasteiger partial charge in [0.15, 0.2) is 0 Å². The number of allylic oxidation sites excluding steroid dienone is 3. The van der Waals surface area contributed by atoms with Gasteiger partial charge in [0.05, 0.1) is 5.71 Å². The molecule has 0 amide bonds. The molecule has 0 bridgehead atoms. The Bertz CT molecular complexity index is 888. The number of hydrogen-bond donors (Lipinski definition) is 1. The molecule has 1 N–H and O–H groups in total. The van der Waals surface area contributed by atoms with Gasteiger partial charge in [-0.1, -0.05) is 64.4 Å². The number of hydrogen-bond acceptors (Lipinski definition) is 4. The number of carbonyl (C=O) groups is 1. The van der Waals surface area contributed by atoms with E-state index in [1.807, 2.05) is 0 Å². The molecular formula is C31H49NO3. The van der Waals surface area contributed by atoms with Gasteiger partial charge in [-0.15, -0.1) is 0 Å². The van der Waals surface area contributed by atoms with Gasteiger partial charge in [-0.25, -0.2) is 0 Å². The molecule has 0 spiro atoms. The number of nitrogens with zero attached hydrogens (tertiary/aromatic N) is 1. The molecule has 4 aliphatic carbocycles. The lowest BCUT2D eigenvalue weighted by atomic mass is 9.46. The van der Waals surface area contributed by atoms with Crippen LogP contribution in [0.15, 0.2) is 29.0 Å². The van der Waals surface area contributed by atoms with Gasteiger partial charge in [-0.05, 0) is 97.4 Å². The maximum atomic E-state index is 11.6. The third-order valence-corrected chi connectivity index (χ3v) is 11.1. The van der Waals surface area contributed by atoms with Crippen LogP contribution in [0.3, 0.4) is 0 Å². The van der Waals surface area contributed by atoms with Crippen molar-refractivity contribution in [1.29, 1.82) is 0 Å². The van der Waals surface area contributed by atoms with E-state index in [0.29, 0.717) is 41.4 Å². The van der Waals surface area contributed by atoms with Crippen LogP contribution in [-0.4, -0.2) is 23.0 Å². The molecular weight excluding hydrogens is 434 g/mol. The van der Waals surface area contributed by atoms with Crippen molar-refractivity contribution in [3.63, 3.8) is 0 Å². The Morgan fingerprint density at radius 2 is 1.89 bits per heavy atom. The molecule has 0 heterocycles. The molecule has 3 fully saturated rings. The summed E-state index contributed by atoms with van der Waals surface area (Å²) in [7, 11) is 0. The van der Waals surface area contributed by atoms with Crippen molar-refractivity contribution in [3.8, 4) is 0 Å².